The first-order valence-electron chi connectivity index (χ1n) is 42.8. The van der Waals surface area contributed by atoms with Crippen molar-refractivity contribution in [3.63, 3.8) is 0 Å². The number of rotatable bonds is 8. The maximum Gasteiger partial charge on any atom is 1.00 e. The van der Waals surface area contributed by atoms with Crippen LogP contribution in [0.5, 0.6) is 46.0 Å². The Kier molecular flexibility index (Phi) is 41.2. The van der Waals surface area contributed by atoms with Gasteiger partial charge in [-0.1, -0.05) is 76.7 Å². The number of hydrogen-bond acceptors (Lipinski definition) is 17. The second kappa shape index (κ2) is 56.9. The van der Waals surface area contributed by atoms with Gasteiger partial charge in [0.1, 0.15) is 46.0 Å². The van der Waals surface area contributed by atoms with Gasteiger partial charge in [-0.05, 0) is 311 Å². The first kappa shape index (κ1) is 87.7. The molecule has 2 aliphatic heterocycles. The number of carbonyl (C=O) groups is 4. The van der Waals surface area contributed by atoms with Crippen molar-refractivity contribution in [2.24, 2.45) is 0 Å². The number of phenolic OH excluding ortho intramolecular Hbond substituents is 4. The van der Waals surface area contributed by atoms with E-state index in [2.05, 4.69) is 98.0 Å². The number of hydrogen-bond donors (Lipinski definition) is 5. The summed E-state index contributed by atoms with van der Waals surface area (Å²) in [6, 6.07) is 27.2. The number of aldehydes is 1. The molecule has 0 bridgehead atoms. The summed E-state index contributed by atoms with van der Waals surface area (Å²) in [6.45, 7) is 8.58. The quantitative estimate of drug-likeness (QED) is 0.0236. The van der Waals surface area contributed by atoms with Gasteiger partial charge in [0.15, 0.2) is 6.29 Å². The summed E-state index contributed by atoms with van der Waals surface area (Å²) in [5.41, 5.74) is 4.53. The average molecular weight is 2060 g/mol. The fourth-order valence-corrected chi connectivity index (χ4v) is 10.1. The van der Waals surface area contributed by atoms with Crippen LogP contribution >= 0.6 is 115 Å². The minimum Gasteiger partial charge on any atom is -0.870 e. The number of ether oxygens (including phenoxy) is 6. The van der Waals surface area contributed by atoms with Gasteiger partial charge in [0.2, 0.25) is 12.2 Å². The Bertz CT molecular complexity index is 5610. The fourth-order valence-electron chi connectivity index (χ4n) is 9.53. The zero-order valence-corrected chi connectivity index (χ0v) is 79.6. The molecule has 36 heteroatoms. The van der Waals surface area contributed by atoms with Crippen LogP contribution in [0.25, 0.3) is 12.2 Å². The first-order chi connectivity index (χ1) is 62.1. The molecular weight excluding hydrogens is 1940 g/mol. The Balaban J connectivity index is -0.00000151. The number of carbonyl (C=O) groups excluding carboxylic acids is 3. The molecule has 8 aromatic rings. The number of alkyl halides is 6. The molecule has 8 aromatic carbocycles. The molecule has 0 amide bonds. The molecule has 6 N–H and O–H groups in total. The third-order valence-corrected chi connectivity index (χ3v) is 16.3. The van der Waals surface area contributed by atoms with Crippen molar-refractivity contribution in [3.8, 4) is 46.0 Å². The van der Waals surface area contributed by atoms with Gasteiger partial charge in [-0.2, -0.15) is 34.8 Å². The maximum atomic E-state index is 13.3. The molecule has 0 aromatic heterocycles. The number of fused-ring (bicyclic) bond motifs is 2. The molecule has 0 saturated carbocycles. The summed E-state index contributed by atoms with van der Waals surface area (Å²) in [4.78, 5) is 44.1. The van der Waals surface area contributed by atoms with Crippen molar-refractivity contribution in [2.75, 3.05) is 27.4 Å². The van der Waals surface area contributed by atoms with E-state index in [1.54, 1.807) is 84.2 Å². The largest absolute Gasteiger partial charge is 1.00 e. The molecular formula is C85H97BBr3Cl6F6NaO18S. The van der Waals surface area contributed by atoms with E-state index in [0.29, 0.717) is 47.2 Å². The van der Waals surface area contributed by atoms with Crippen LogP contribution in [0.3, 0.4) is 0 Å². The van der Waals surface area contributed by atoms with Gasteiger partial charge < -0.3 is 59.4 Å². The van der Waals surface area contributed by atoms with Crippen molar-refractivity contribution >= 4 is 163 Å². The maximum absolute atomic E-state index is 13.3. The topological polar surface area (TPSA) is 289 Å². The van der Waals surface area contributed by atoms with Crippen LogP contribution in [-0.2, 0) is 32.1 Å². The molecule has 0 aliphatic carbocycles. The van der Waals surface area contributed by atoms with E-state index in [1.807, 2.05) is 39.0 Å². The Labute approximate surface area is 805 Å². The molecule has 18 nitrogen and oxygen atoms in total. The summed E-state index contributed by atoms with van der Waals surface area (Å²) in [5.74, 6) is -2.58. The van der Waals surface area contributed by atoms with Crippen molar-refractivity contribution in [1.82, 2.24) is 0 Å². The fraction of sp³-hybridized carbons (Fsp3) is 0.318. The van der Waals surface area contributed by atoms with Gasteiger partial charge in [0.25, 0.3) is 0 Å². The monoisotopic (exact) mass is 2050 g/mol. The van der Waals surface area contributed by atoms with E-state index in [0.717, 1.165) is 40.1 Å². The number of aromatic hydroxyl groups is 4. The van der Waals surface area contributed by atoms with Crippen LogP contribution in [0.2, 0.25) is 20.1 Å². The van der Waals surface area contributed by atoms with Crippen LogP contribution in [0.15, 0.2) is 126 Å². The summed E-state index contributed by atoms with van der Waals surface area (Å²) in [6.07, 6.45) is -10.3. The first-order valence-corrected chi connectivity index (χ1v) is 41.2. The average Bonchev–Trinajstić information content (AvgIpc) is 0.747. The van der Waals surface area contributed by atoms with Crippen LogP contribution < -0.4 is 48.5 Å². The number of benzene rings is 8. The number of allylic oxidation sites excluding steroid dienone is 1. The van der Waals surface area contributed by atoms with Gasteiger partial charge in [0, 0.05) is 83.3 Å². The van der Waals surface area contributed by atoms with E-state index in [4.69, 9.17) is 114 Å². The number of aliphatic carboxylic acids is 1. The van der Waals surface area contributed by atoms with Crippen molar-refractivity contribution < 1.29 is 168 Å². The molecule has 2 aliphatic rings. The molecule has 0 radical (unpaired) electrons. The number of aryl methyl sites for hydroxylation is 13. The van der Waals surface area contributed by atoms with E-state index in [-0.39, 0.29) is 150 Å². The van der Waals surface area contributed by atoms with E-state index in [9.17, 15) is 55.7 Å². The summed E-state index contributed by atoms with van der Waals surface area (Å²) in [5, 5.41) is 45.6. The molecule has 2 atom stereocenters. The van der Waals surface area contributed by atoms with Crippen molar-refractivity contribution in [2.45, 2.75) is 156 Å². The summed E-state index contributed by atoms with van der Waals surface area (Å²) in [7, 11) is 8.03. The van der Waals surface area contributed by atoms with E-state index >= 15 is 0 Å². The second-order valence-corrected chi connectivity index (χ2v) is 36.1. The van der Waals surface area contributed by atoms with Crippen LogP contribution in [0, 0.1) is 110 Å². The normalized spacial score (nSPS) is 15.1. The van der Waals surface area contributed by atoms with Gasteiger partial charge in [0.05, 0.1) is 44.1 Å². The van der Waals surface area contributed by atoms with Crippen LogP contribution in [-0.4, -0.2) is 119 Å². The van der Waals surface area contributed by atoms with Crippen LogP contribution in [0.4, 0.5) is 26.3 Å². The van der Waals surface area contributed by atoms with Crippen molar-refractivity contribution in [1.29, 1.82) is 0 Å². The number of esters is 2. The Hall–Kier alpha value is -6.81. The molecule has 0 fully saturated rings. The minimum atomic E-state index is -4.96. The standard InChI is InChI=1S/C15H14ClF3O3.C13H10ClF3O3.C9H9ClO2.2C9H12O.C8H9ClO.2C8H10O.C6H10O2.BBr3.Cl2O2S.Na.H2O/c1-4-21-14(20)10-6-9-8(3)12(16)7(2)5-11(9)22-13(10)15(17,18)19;1-5-3-9-7(6(2)10(5)14)4-8(12(18)19)11(20-9)13(15,16)17;1-5-3-8(12)7(4-11)6(2)9(5)10;2*1-7-4-8(2)6-9(5-7)10-3;1-5-3-7(10)4-6(2)8(5)9;2*1-6-3-7(2)5-8(9)4-6;1-3-5-6(7)8-4-2;2-1(3)4;1-5(2,3)4;;/h5-6,13H,4H2,1-3H3;3-4,11H,1-2H3,(H,18,19);3-4,12H,1-2H3;2*4-6H,1-3H3;3-4,10H,1-2H3;2*3-5,9H,1-2H3;3,5H,4H2,1-2H3;;;;1H2/q;;;;;;;;;;;+1;/p-1/b;;;;;;;;5-3+;;;;/i3D3;2*2D3;1D3;;2*1D3;;;;;;. The molecule has 0 saturated heterocycles. The Morgan fingerprint density at radius 3 is 1.17 bits per heavy atom. The van der Waals surface area contributed by atoms with E-state index in [1.165, 1.54) is 81.5 Å². The molecule has 2 heterocycles. The van der Waals surface area contributed by atoms with Gasteiger partial charge in [-0.15, -0.1) is 47.3 Å². The number of methoxy groups -OCH3 is 2. The second-order valence-electron chi connectivity index (χ2n) is 24.5. The zero-order valence-electron chi connectivity index (χ0n) is 85.5. The van der Waals surface area contributed by atoms with Crippen molar-refractivity contribution in [3.05, 3.63) is 252 Å². The SMILES string of the molecule is BrB(Br)Br.C/C=C/C(=O)OCC.COc1cc(C)cc(C)c1.Cc1cc(C)cc(O)c1.O=S(=O)(Cl)Cl.[2H]C([2H])([2H])c1c(Cl)c(C)cc(O)c1C=O.[2H]C([2H])([2H])c1c(Cl)c(C)cc2c1C=C(C(=O)O)C(C(F)(F)F)O2.[2H]C([2H])([2H])c1c(Cl)c(C)cc2c1C=C(C(=O)OCC)C(C(F)(F)F)O2.[2H]C([2H])([2H])c1cc(C)cc(O)c1.[2H]C([2H])([2H])c1cc(C)cc(OC)c1.[2H]C([2H])([2H])c1cc(O)cc(C)c1Cl.[Na+].[OH-]. The minimum absolute atomic E-state index is 0. The number of halogens is 15. The predicted octanol–water partition coefficient (Wildman–Crippen LogP) is 22.6. The zero-order chi connectivity index (χ0) is 107. The molecule has 0 spiro atoms. The third-order valence-electron chi connectivity index (χ3n) is 14.3. The van der Waals surface area contributed by atoms with Gasteiger partial charge >= 0.3 is 71.3 Å². The number of phenols is 4. The molecule has 660 valence electrons. The molecule has 2 unspecified atom stereocenters. The van der Waals surface area contributed by atoms with Crippen LogP contribution in [0.1, 0.15) is 156 Å². The van der Waals surface area contributed by atoms with Gasteiger partial charge in [-0.25, -0.2) is 14.4 Å². The summed E-state index contributed by atoms with van der Waals surface area (Å²) < 4.78 is 258. The number of carboxylic acid groups (broad SMARTS) is 1. The Morgan fingerprint density at radius 1 is 0.512 bits per heavy atom. The predicted molar refractivity (Wildman–Crippen MR) is 480 cm³/mol. The molecule has 121 heavy (non-hydrogen) atoms. The Morgan fingerprint density at radius 2 is 0.835 bits per heavy atom. The van der Waals surface area contributed by atoms with Gasteiger partial charge in [-0.3, -0.25) is 4.79 Å². The molecule has 10 rings (SSSR count). The van der Waals surface area contributed by atoms with E-state index < -0.39 is 103 Å². The number of carboxylic acids is 1. The smallest absolute Gasteiger partial charge is 0.870 e. The third kappa shape index (κ3) is 45.1. The summed E-state index contributed by atoms with van der Waals surface area (Å²) >= 11 is 32.9.